The average Bonchev–Trinajstić information content (AvgIpc) is 3.45. The Morgan fingerprint density at radius 3 is 1.80 bits per heavy atom. The topological polar surface area (TPSA) is 43.6 Å². The fraction of sp³-hybridized carbons (Fsp3) is 0.0833. The van der Waals surface area contributed by atoms with Crippen molar-refractivity contribution in [2.24, 2.45) is 0 Å². The molecule has 0 spiro atoms. The van der Waals surface area contributed by atoms with Gasteiger partial charge < -0.3 is 0 Å². The molecule has 190 valence electrons. The molecule has 0 unspecified atom stereocenters. The molecule has 0 aliphatic heterocycles. The van der Waals surface area contributed by atoms with Gasteiger partial charge in [0.2, 0.25) is 5.95 Å². The van der Waals surface area contributed by atoms with Gasteiger partial charge in [-0.25, -0.2) is 4.98 Å². The summed E-state index contributed by atoms with van der Waals surface area (Å²) < 4.78 is 2.21. The maximum atomic E-state index is 5.08. The summed E-state index contributed by atoms with van der Waals surface area (Å²) in [6.07, 6.45) is 0. The molecule has 40 heavy (non-hydrogen) atoms. The van der Waals surface area contributed by atoms with Gasteiger partial charge in [-0.05, 0) is 40.5 Å². The summed E-state index contributed by atoms with van der Waals surface area (Å²) in [5.74, 6) is 1.93. The molecule has 0 amide bonds. The van der Waals surface area contributed by atoms with Crippen molar-refractivity contribution in [2.45, 2.75) is 19.3 Å². The molecule has 8 rings (SSSR count). The van der Waals surface area contributed by atoms with Crippen LogP contribution in [-0.2, 0) is 5.41 Å². The SMILES string of the molecule is CC1(C)c2ccccc2-c2cc3c4ccccc4n(-c4nc(-c5ccccc5)nc(-c5ccccc5)n4)c3cc21. The van der Waals surface area contributed by atoms with Crippen LogP contribution in [-0.4, -0.2) is 19.5 Å². The highest BCUT2D eigenvalue weighted by Crippen LogP contribution is 2.50. The van der Waals surface area contributed by atoms with E-state index in [1.54, 1.807) is 0 Å². The predicted octanol–water partition coefficient (Wildman–Crippen LogP) is 8.61. The third-order valence-electron chi connectivity index (χ3n) is 8.26. The van der Waals surface area contributed by atoms with Crippen LogP contribution in [0.2, 0.25) is 0 Å². The summed E-state index contributed by atoms with van der Waals surface area (Å²) >= 11 is 0. The number of benzene rings is 5. The quantitative estimate of drug-likeness (QED) is 0.237. The van der Waals surface area contributed by atoms with E-state index in [1.165, 1.54) is 33.0 Å². The van der Waals surface area contributed by atoms with Crippen LogP contribution in [0.1, 0.15) is 25.0 Å². The lowest BCUT2D eigenvalue weighted by Gasteiger charge is -2.21. The van der Waals surface area contributed by atoms with E-state index in [2.05, 4.69) is 79.1 Å². The summed E-state index contributed by atoms with van der Waals surface area (Å²) in [7, 11) is 0. The molecule has 5 aromatic carbocycles. The van der Waals surface area contributed by atoms with Crippen LogP contribution in [0.4, 0.5) is 0 Å². The van der Waals surface area contributed by atoms with Gasteiger partial charge in [0.05, 0.1) is 11.0 Å². The summed E-state index contributed by atoms with van der Waals surface area (Å²) in [4.78, 5) is 15.1. The first-order valence-electron chi connectivity index (χ1n) is 13.6. The van der Waals surface area contributed by atoms with Gasteiger partial charge in [-0.15, -0.1) is 0 Å². The van der Waals surface area contributed by atoms with E-state index < -0.39 is 0 Å². The van der Waals surface area contributed by atoms with Crippen molar-refractivity contribution in [3.05, 3.63) is 132 Å². The van der Waals surface area contributed by atoms with E-state index in [1.807, 2.05) is 60.7 Å². The van der Waals surface area contributed by atoms with E-state index in [9.17, 15) is 0 Å². The van der Waals surface area contributed by atoms with Gasteiger partial charge in [0.25, 0.3) is 0 Å². The Labute approximate surface area is 232 Å². The molecule has 1 aliphatic carbocycles. The van der Waals surface area contributed by atoms with Crippen molar-refractivity contribution in [1.29, 1.82) is 0 Å². The Bertz CT molecular complexity index is 2010. The lowest BCUT2D eigenvalue weighted by molar-refractivity contribution is 0.661. The van der Waals surface area contributed by atoms with E-state index in [4.69, 9.17) is 15.0 Å². The number of nitrogens with zero attached hydrogens (tertiary/aromatic N) is 4. The number of hydrogen-bond acceptors (Lipinski definition) is 3. The van der Waals surface area contributed by atoms with Crippen molar-refractivity contribution in [3.63, 3.8) is 0 Å². The number of hydrogen-bond donors (Lipinski definition) is 0. The normalized spacial score (nSPS) is 13.4. The molecule has 4 nitrogen and oxygen atoms in total. The van der Waals surface area contributed by atoms with Crippen molar-refractivity contribution in [1.82, 2.24) is 19.5 Å². The van der Waals surface area contributed by atoms with Crippen LogP contribution in [0.25, 0.3) is 61.7 Å². The Balaban J connectivity index is 1.46. The molecule has 0 saturated carbocycles. The number of fused-ring (bicyclic) bond motifs is 6. The molecule has 7 aromatic rings. The molecule has 0 bridgehead atoms. The lowest BCUT2D eigenvalue weighted by atomic mass is 9.82. The second-order valence-corrected chi connectivity index (χ2v) is 11.0. The highest BCUT2D eigenvalue weighted by Gasteiger charge is 2.36. The van der Waals surface area contributed by atoms with Crippen molar-refractivity contribution < 1.29 is 0 Å². The first kappa shape index (κ1) is 22.9. The molecule has 0 atom stereocenters. The van der Waals surface area contributed by atoms with E-state index in [0.29, 0.717) is 17.6 Å². The van der Waals surface area contributed by atoms with Gasteiger partial charge in [0, 0.05) is 27.3 Å². The summed E-state index contributed by atoms with van der Waals surface area (Å²) in [6.45, 7) is 4.64. The monoisotopic (exact) mass is 514 g/mol. The molecule has 2 aromatic heterocycles. The molecule has 0 radical (unpaired) electrons. The van der Waals surface area contributed by atoms with Crippen LogP contribution >= 0.6 is 0 Å². The lowest BCUT2D eigenvalue weighted by Crippen LogP contribution is -2.15. The Hall–Kier alpha value is -5.09. The fourth-order valence-electron chi connectivity index (χ4n) is 6.28. The molecule has 0 saturated heterocycles. The zero-order chi connectivity index (χ0) is 26.8. The minimum atomic E-state index is -0.106. The largest absolute Gasteiger partial charge is 0.278 e. The Morgan fingerprint density at radius 2 is 1.10 bits per heavy atom. The maximum Gasteiger partial charge on any atom is 0.238 e. The van der Waals surface area contributed by atoms with Crippen molar-refractivity contribution in [2.75, 3.05) is 0 Å². The average molecular weight is 515 g/mol. The van der Waals surface area contributed by atoms with Gasteiger partial charge in [-0.1, -0.05) is 117 Å². The standard InChI is InChI=1S/C36H26N4/c1-36(2)29-19-11-9-17-25(29)27-21-28-26-18-10-12-20-31(26)40(32(28)22-30(27)36)35-38-33(23-13-5-3-6-14-23)37-34(39-35)24-15-7-4-8-16-24/h3-22H,1-2H3. The molecule has 0 N–H and O–H groups in total. The summed E-state index contributed by atoms with van der Waals surface area (Å²) in [6, 6.07) is 42.4. The van der Waals surface area contributed by atoms with E-state index in [-0.39, 0.29) is 5.41 Å². The van der Waals surface area contributed by atoms with Crippen LogP contribution in [0.5, 0.6) is 0 Å². The predicted molar refractivity (Wildman–Crippen MR) is 163 cm³/mol. The molecular formula is C36H26N4. The van der Waals surface area contributed by atoms with Gasteiger partial charge in [0.15, 0.2) is 11.6 Å². The molecule has 0 fully saturated rings. The first-order valence-corrected chi connectivity index (χ1v) is 13.6. The number of aromatic nitrogens is 4. The first-order chi connectivity index (χ1) is 19.6. The smallest absolute Gasteiger partial charge is 0.238 e. The molecule has 4 heteroatoms. The van der Waals surface area contributed by atoms with Crippen molar-refractivity contribution in [3.8, 4) is 39.9 Å². The fourth-order valence-corrected chi connectivity index (χ4v) is 6.28. The molecular weight excluding hydrogens is 488 g/mol. The van der Waals surface area contributed by atoms with Gasteiger partial charge in [-0.3, -0.25) is 4.57 Å². The van der Waals surface area contributed by atoms with Crippen LogP contribution < -0.4 is 0 Å². The maximum absolute atomic E-state index is 5.08. The van der Waals surface area contributed by atoms with E-state index in [0.717, 1.165) is 22.2 Å². The molecule has 1 aliphatic rings. The minimum Gasteiger partial charge on any atom is -0.278 e. The van der Waals surface area contributed by atoms with E-state index >= 15 is 0 Å². The summed E-state index contributed by atoms with van der Waals surface area (Å²) in [5.41, 5.74) is 9.31. The second-order valence-electron chi connectivity index (χ2n) is 11.0. The Kier molecular flexibility index (Phi) is 4.83. The molecule has 2 heterocycles. The van der Waals surface area contributed by atoms with Crippen LogP contribution in [0.15, 0.2) is 121 Å². The van der Waals surface area contributed by atoms with Crippen LogP contribution in [0, 0.1) is 0 Å². The third-order valence-corrected chi connectivity index (χ3v) is 8.26. The highest BCUT2D eigenvalue weighted by atomic mass is 15.2. The zero-order valence-corrected chi connectivity index (χ0v) is 22.3. The van der Waals surface area contributed by atoms with Crippen LogP contribution in [0.3, 0.4) is 0 Å². The van der Waals surface area contributed by atoms with Gasteiger partial charge in [-0.2, -0.15) is 9.97 Å². The second kappa shape index (κ2) is 8.45. The minimum absolute atomic E-state index is 0.106. The highest BCUT2D eigenvalue weighted by molar-refractivity contribution is 6.11. The van der Waals surface area contributed by atoms with Gasteiger partial charge in [0.1, 0.15) is 0 Å². The third kappa shape index (κ3) is 3.29. The van der Waals surface area contributed by atoms with Crippen molar-refractivity contribution >= 4 is 21.8 Å². The summed E-state index contributed by atoms with van der Waals surface area (Å²) in [5, 5.41) is 2.38. The van der Waals surface area contributed by atoms with Gasteiger partial charge >= 0.3 is 0 Å². The number of para-hydroxylation sites is 1. The number of rotatable bonds is 3. The zero-order valence-electron chi connectivity index (χ0n) is 22.3. The Morgan fingerprint density at radius 1 is 0.500 bits per heavy atom.